The van der Waals surface area contributed by atoms with E-state index in [9.17, 15) is 9.59 Å². The molecule has 0 spiro atoms. The molecule has 3 aromatic rings. The number of fused-ring (bicyclic) bond motifs is 2. The van der Waals surface area contributed by atoms with Crippen molar-refractivity contribution in [1.82, 2.24) is 10.2 Å². The first kappa shape index (κ1) is 24.5. The number of amides is 1. The molecule has 1 saturated heterocycles. The van der Waals surface area contributed by atoms with Crippen LogP contribution in [0.4, 0.5) is 0 Å². The fourth-order valence-electron chi connectivity index (χ4n) is 6.45. The predicted molar refractivity (Wildman–Crippen MR) is 140 cm³/mol. The predicted octanol–water partition coefficient (Wildman–Crippen LogP) is 4.71. The molecule has 3 aromatic carbocycles. The number of hydrogen-bond acceptors (Lipinski definition) is 5. The van der Waals surface area contributed by atoms with E-state index in [1.165, 1.54) is 6.92 Å². The number of carbonyl (C=O) groups excluding carboxylic acids is 2. The summed E-state index contributed by atoms with van der Waals surface area (Å²) in [5.74, 6) is 0.156. The van der Waals surface area contributed by atoms with Gasteiger partial charge in [-0.05, 0) is 79.9 Å². The molecule has 6 heteroatoms. The van der Waals surface area contributed by atoms with Crippen LogP contribution in [0.25, 0.3) is 10.8 Å². The van der Waals surface area contributed by atoms with Gasteiger partial charge in [-0.2, -0.15) is 0 Å². The highest BCUT2D eigenvalue weighted by Gasteiger charge is 2.58. The van der Waals surface area contributed by atoms with Gasteiger partial charge in [0, 0.05) is 37.6 Å². The summed E-state index contributed by atoms with van der Waals surface area (Å²) >= 11 is 0. The number of esters is 1. The molecule has 188 valence electrons. The molecule has 0 radical (unpaired) electrons. The largest absolute Gasteiger partial charge is 0.427 e. The average Bonchev–Trinajstić information content (AvgIpc) is 2.88. The highest BCUT2D eigenvalue weighted by Crippen LogP contribution is 2.53. The van der Waals surface area contributed by atoms with Crippen LogP contribution in [-0.4, -0.2) is 55.7 Å². The third-order valence-corrected chi connectivity index (χ3v) is 8.20. The molecule has 2 aliphatic rings. The Labute approximate surface area is 212 Å². The van der Waals surface area contributed by atoms with Gasteiger partial charge in [0.05, 0.1) is 5.60 Å². The van der Waals surface area contributed by atoms with Crippen molar-refractivity contribution < 1.29 is 19.1 Å². The first-order valence-electron chi connectivity index (χ1n) is 12.7. The second-order valence-corrected chi connectivity index (χ2v) is 10.4. The second-order valence-electron chi connectivity index (χ2n) is 10.4. The van der Waals surface area contributed by atoms with Gasteiger partial charge >= 0.3 is 5.97 Å². The van der Waals surface area contributed by atoms with Crippen molar-refractivity contribution in [3.63, 3.8) is 0 Å². The molecule has 1 aliphatic carbocycles. The number of nitrogens with one attached hydrogen (secondary N) is 1. The highest BCUT2D eigenvalue weighted by molar-refractivity contribution is 5.98. The van der Waals surface area contributed by atoms with Crippen molar-refractivity contribution in [2.45, 2.75) is 49.7 Å². The third kappa shape index (κ3) is 4.40. The Balaban J connectivity index is 1.46. The zero-order valence-electron chi connectivity index (χ0n) is 21.3. The molecule has 1 N–H and O–H groups in total. The Morgan fingerprint density at radius 1 is 1.00 bits per heavy atom. The number of hydrogen-bond donors (Lipinski definition) is 1. The Morgan fingerprint density at radius 3 is 2.58 bits per heavy atom. The van der Waals surface area contributed by atoms with E-state index in [4.69, 9.17) is 9.47 Å². The van der Waals surface area contributed by atoms with Gasteiger partial charge < -0.3 is 19.7 Å². The fourth-order valence-corrected chi connectivity index (χ4v) is 6.45. The van der Waals surface area contributed by atoms with E-state index in [2.05, 4.69) is 29.4 Å². The summed E-state index contributed by atoms with van der Waals surface area (Å²) in [4.78, 5) is 27.3. The maximum atomic E-state index is 13.3. The number of nitrogens with zero attached hydrogens (tertiary/aromatic N) is 1. The SMILES string of the molecule is CO[C@]12CC[C@H](NC(=O)c3ccc4ccccc4c3)C[C@]1(c1cccc(OC(C)=O)c1)CCN(C)C2. The molecular formula is C30H34N2O4. The highest BCUT2D eigenvalue weighted by atomic mass is 16.5. The van der Waals surface area contributed by atoms with Gasteiger partial charge in [-0.25, -0.2) is 0 Å². The van der Waals surface area contributed by atoms with Crippen LogP contribution >= 0.6 is 0 Å². The molecule has 1 heterocycles. The minimum Gasteiger partial charge on any atom is -0.427 e. The van der Waals surface area contributed by atoms with Crippen LogP contribution in [0.1, 0.15) is 48.5 Å². The minimum atomic E-state index is -0.390. The normalized spacial score (nSPS) is 26.2. The van der Waals surface area contributed by atoms with Crippen molar-refractivity contribution in [2.24, 2.45) is 0 Å². The monoisotopic (exact) mass is 486 g/mol. The molecule has 1 saturated carbocycles. The molecule has 2 fully saturated rings. The maximum absolute atomic E-state index is 13.3. The quantitative estimate of drug-likeness (QED) is 0.418. The topological polar surface area (TPSA) is 67.9 Å². The number of carbonyl (C=O) groups is 2. The van der Waals surface area contributed by atoms with Crippen molar-refractivity contribution in [1.29, 1.82) is 0 Å². The first-order valence-corrected chi connectivity index (χ1v) is 12.7. The van der Waals surface area contributed by atoms with Crippen molar-refractivity contribution in [3.05, 3.63) is 77.9 Å². The molecule has 6 nitrogen and oxygen atoms in total. The number of benzene rings is 3. The summed E-state index contributed by atoms with van der Waals surface area (Å²) in [6, 6.07) is 21.8. The summed E-state index contributed by atoms with van der Waals surface area (Å²) in [5.41, 5.74) is 1.07. The molecule has 5 rings (SSSR count). The van der Waals surface area contributed by atoms with Gasteiger partial charge in [-0.3, -0.25) is 9.59 Å². The van der Waals surface area contributed by atoms with Gasteiger partial charge in [0.25, 0.3) is 5.91 Å². The Kier molecular flexibility index (Phi) is 6.58. The van der Waals surface area contributed by atoms with E-state index >= 15 is 0 Å². The lowest BCUT2D eigenvalue weighted by Gasteiger charge is -2.59. The summed E-state index contributed by atoms with van der Waals surface area (Å²) in [7, 11) is 3.94. The molecule has 1 amide bonds. The van der Waals surface area contributed by atoms with Crippen LogP contribution in [0.15, 0.2) is 66.7 Å². The van der Waals surface area contributed by atoms with E-state index in [1.54, 1.807) is 7.11 Å². The van der Waals surface area contributed by atoms with Crippen LogP contribution < -0.4 is 10.1 Å². The van der Waals surface area contributed by atoms with E-state index in [0.29, 0.717) is 11.3 Å². The van der Waals surface area contributed by atoms with Crippen molar-refractivity contribution >= 4 is 22.6 Å². The Hall–Kier alpha value is -3.22. The number of ether oxygens (including phenoxy) is 2. The zero-order valence-corrected chi connectivity index (χ0v) is 21.3. The van der Waals surface area contributed by atoms with Gasteiger partial charge in [-0.1, -0.05) is 42.5 Å². The molecule has 0 unspecified atom stereocenters. The van der Waals surface area contributed by atoms with E-state index < -0.39 is 0 Å². The standard InChI is InChI=1S/C30H34N2O4/c1-21(33)36-27-10-6-9-25(18-27)29-15-16-32(2)20-30(29,35-3)14-13-26(19-29)31-28(34)24-12-11-22-7-4-5-8-23(22)17-24/h4-12,17-18,26H,13-16,19-20H2,1-3H3,(H,31,34)/t26-,29-,30-/m0/s1. The summed E-state index contributed by atoms with van der Waals surface area (Å²) < 4.78 is 11.8. The first-order chi connectivity index (χ1) is 17.3. The fraction of sp³-hybridized carbons (Fsp3) is 0.400. The van der Waals surface area contributed by atoms with Gasteiger partial charge in [0.1, 0.15) is 5.75 Å². The number of piperidine rings is 1. The lowest BCUT2D eigenvalue weighted by atomic mass is 9.55. The van der Waals surface area contributed by atoms with E-state index in [1.807, 2.05) is 54.6 Å². The van der Waals surface area contributed by atoms with Crippen LogP contribution in [-0.2, 0) is 14.9 Å². The van der Waals surface area contributed by atoms with Crippen LogP contribution in [0.5, 0.6) is 5.75 Å². The summed E-state index contributed by atoms with van der Waals surface area (Å²) in [6.07, 6.45) is 3.32. The van der Waals surface area contributed by atoms with Crippen molar-refractivity contribution in [3.8, 4) is 5.75 Å². The lowest BCUT2D eigenvalue weighted by molar-refractivity contribution is -0.144. The maximum Gasteiger partial charge on any atom is 0.308 e. The van der Waals surface area contributed by atoms with Crippen molar-refractivity contribution in [2.75, 3.05) is 27.2 Å². The molecule has 1 aliphatic heterocycles. The Morgan fingerprint density at radius 2 is 1.81 bits per heavy atom. The number of likely N-dealkylation sites (tertiary alicyclic amines) is 1. The molecule has 36 heavy (non-hydrogen) atoms. The number of methoxy groups -OCH3 is 1. The zero-order chi connectivity index (χ0) is 25.3. The van der Waals surface area contributed by atoms with Gasteiger partial charge in [0.2, 0.25) is 0 Å². The lowest BCUT2D eigenvalue weighted by Crippen LogP contribution is -2.67. The van der Waals surface area contributed by atoms with Gasteiger partial charge in [-0.15, -0.1) is 0 Å². The molecule has 0 bridgehead atoms. The second kappa shape index (κ2) is 9.68. The summed E-state index contributed by atoms with van der Waals surface area (Å²) in [6.45, 7) is 3.15. The smallest absolute Gasteiger partial charge is 0.308 e. The van der Waals surface area contributed by atoms with Crippen LogP contribution in [0, 0.1) is 0 Å². The average molecular weight is 487 g/mol. The summed E-state index contributed by atoms with van der Waals surface area (Å²) in [5, 5.41) is 5.51. The third-order valence-electron chi connectivity index (χ3n) is 8.20. The van der Waals surface area contributed by atoms with E-state index in [-0.39, 0.29) is 28.9 Å². The Bertz CT molecular complexity index is 1290. The van der Waals surface area contributed by atoms with Crippen LogP contribution in [0.3, 0.4) is 0 Å². The molecular weight excluding hydrogens is 452 g/mol. The van der Waals surface area contributed by atoms with E-state index in [0.717, 1.165) is 55.1 Å². The molecule has 3 atom stereocenters. The minimum absolute atomic E-state index is 0.00744. The molecule has 0 aromatic heterocycles. The van der Waals surface area contributed by atoms with Gasteiger partial charge in [0.15, 0.2) is 0 Å². The number of likely N-dealkylation sites (N-methyl/N-ethyl adjacent to an activating group) is 1. The number of rotatable bonds is 5. The van der Waals surface area contributed by atoms with Crippen LogP contribution in [0.2, 0.25) is 0 Å².